The van der Waals surface area contributed by atoms with Crippen LogP contribution in [0.4, 0.5) is 14.5 Å². The maximum Gasteiger partial charge on any atom is 0.148 e. The summed E-state index contributed by atoms with van der Waals surface area (Å²) in [6, 6.07) is 3.04. The smallest absolute Gasteiger partial charge is 0.148 e. The lowest BCUT2D eigenvalue weighted by Crippen LogP contribution is -1.89. The molecule has 3 heteroatoms. The molecular weight excluding hydrogens is 196 g/mol. The Morgan fingerprint density at radius 3 is 1.93 bits per heavy atom. The molecule has 0 amide bonds. The fourth-order valence-corrected chi connectivity index (χ4v) is 1.00. The Labute approximate surface area is 90.3 Å². The first-order valence-corrected chi connectivity index (χ1v) is 5.32. The molecule has 1 nitrogen and oxygen atoms in total. The molecule has 0 radical (unpaired) electrons. The molecule has 0 bridgehead atoms. The second-order valence-corrected chi connectivity index (χ2v) is 3.37. The van der Waals surface area contributed by atoms with Gasteiger partial charge in [-0.1, -0.05) is 39.5 Å². The van der Waals surface area contributed by atoms with E-state index in [9.17, 15) is 8.78 Å². The summed E-state index contributed by atoms with van der Waals surface area (Å²) in [6.07, 6.45) is 5.54. The number of benzene rings is 1. The number of nitrogens with two attached hydrogens (primary N) is 1. The van der Waals surface area contributed by atoms with Crippen molar-refractivity contribution < 1.29 is 8.78 Å². The van der Waals surface area contributed by atoms with E-state index in [1.54, 1.807) is 0 Å². The molecule has 0 heterocycles. The maximum atomic E-state index is 12.2. The summed E-state index contributed by atoms with van der Waals surface area (Å²) in [5.74, 6) is -1.32. The van der Waals surface area contributed by atoms with Crippen LogP contribution in [0.1, 0.15) is 39.5 Å². The Morgan fingerprint density at radius 2 is 1.60 bits per heavy atom. The molecule has 0 atom stereocenters. The predicted molar refractivity (Wildman–Crippen MR) is 60.6 cm³/mol. The van der Waals surface area contributed by atoms with E-state index < -0.39 is 11.6 Å². The first-order valence-electron chi connectivity index (χ1n) is 5.32. The van der Waals surface area contributed by atoms with Crippen LogP contribution in [0.3, 0.4) is 0 Å². The van der Waals surface area contributed by atoms with Crippen LogP contribution in [0.2, 0.25) is 0 Å². The van der Waals surface area contributed by atoms with E-state index >= 15 is 0 Å². The van der Waals surface area contributed by atoms with Crippen molar-refractivity contribution in [2.45, 2.75) is 39.5 Å². The van der Waals surface area contributed by atoms with Crippen molar-refractivity contribution in [3.05, 3.63) is 29.8 Å². The number of hydrogen-bond donors (Lipinski definition) is 1. The van der Waals surface area contributed by atoms with Gasteiger partial charge >= 0.3 is 0 Å². The minimum Gasteiger partial charge on any atom is -0.396 e. The zero-order chi connectivity index (χ0) is 11.7. The third-order valence-electron chi connectivity index (χ3n) is 1.92. The van der Waals surface area contributed by atoms with Crippen molar-refractivity contribution in [1.82, 2.24) is 0 Å². The Morgan fingerprint density at radius 1 is 1.07 bits per heavy atom. The van der Waals surface area contributed by atoms with Crippen LogP contribution in [0, 0.1) is 11.6 Å². The largest absolute Gasteiger partial charge is 0.396 e. The zero-order valence-electron chi connectivity index (χ0n) is 9.39. The van der Waals surface area contributed by atoms with E-state index in [0.717, 1.165) is 12.1 Å². The van der Waals surface area contributed by atoms with Gasteiger partial charge < -0.3 is 5.73 Å². The predicted octanol–water partition coefficient (Wildman–Crippen LogP) is 4.13. The van der Waals surface area contributed by atoms with E-state index in [1.807, 2.05) is 0 Å². The summed E-state index contributed by atoms with van der Waals surface area (Å²) in [5, 5.41) is 0. The molecular formula is C12H19F2N. The van der Waals surface area contributed by atoms with Gasteiger partial charge in [0.15, 0.2) is 0 Å². The number of rotatable bonds is 3. The van der Waals surface area contributed by atoms with E-state index in [-0.39, 0.29) is 5.69 Å². The fourth-order valence-electron chi connectivity index (χ4n) is 1.00. The van der Waals surface area contributed by atoms with Crippen molar-refractivity contribution in [2.24, 2.45) is 0 Å². The molecule has 1 rings (SSSR count). The molecule has 0 fully saturated rings. The summed E-state index contributed by atoms with van der Waals surface area (Å²) in [5.41, 5.74) is 5.02. The number of unbranched alkanes of at least 4 members (excludes halogenated alkanes) is 3. The number of hydrogen-bond acceptors (Lipinski definition) is 1. The molecule has 0 aliphatic rings. The minimum atomic E-state index is -0.713. The molecule has 0 aliphatic heterocycles. The van der Waals surface area contributed by atoms with Gasteiger partial charge in [0, 0.05) is 6.07 Å². The van der Waals surface area contributed by atoms with Gasteiger partial charge in [0.2, 0.25) is 0 Å². The lowest BCUT2D eigenvalue weighted by molar-refractivity contribution is 0.586. The second kappa shape index (κ2) is 8.21. The minimum absolute atomic E-state index is 0.0311. The van der Waals surface area contributed by atoms with Crippen LogP contribution >= 0.6 is 0 Å². The zero-order valence-corrected chi connectivity index (χ0v) is 9.39. The number of anilines is 1. The van der Waals surface area contributed by atoms with Gasteiger partial charge in [-0.25, -0.2) is 8.78 Å². The van der Waals surface area contributed by atoms with Gasteiger partial charge in [-0.05, 0) is 12.1 Å². The van der Waals surface area contributed by atoms with Crippen molar-refractivity contribution >= 4 is 5.69 Å². The molecule has 0 saturated carbocycles. The highest BCUT2D eigenvalue weighted by molar-refractivity contribution is 5.38. The van der Waals surface area contributed by atoms with E-state index in [2.05, 4.69) is 13.8 Å². The standard InChI is InChI=1S/C6H5F2N.C6H14/c7-4-1-2-6(9)5(8)3-4;1-3-5-6-4-2/h1-3H,9H2;3-6H2,1-2H3. The van der Waals surface area contributed by atoms with Crippen LogP contribution in [-0.2, 0) is 0 Å². The van der Waals surface area contributed by atoms with Gasteiger partial charge in [0.1, 0.15) is 11.6 Å². The topological polar surface area (TPSA) is 26.0 Å². The molecule has 0 aliphatic carbocycles. The van der Waals surface area contributed by atoms with E-state index in [0.29, 0.717) is 0 Å². The Kier molecular flexibility index (Phi) is 7.60. The normalized spacial score (nSPS) is 9.33. The summed E-state index contributed by atoms with van der Waals surface area (Å²) in [6.45, 7) is 4.46. The second-order valence-electron chi connectivity index (χ2n) is 3.37. The van der Waals surface area contributed by atoms with Gasteiger partial charge in [0.05, 0.1) is 5.69 Å². The average molecular weight is 215 g/mol. The number of nitrogen functional groups attached to an aromatic ring is 1. The Hall–Kier alpha value is -1.12. The Bertz CT molecular complexity index is 270. The molecule has 86 valence electrons. The molecule has 15 heavy (non-hydrogen) atoms. The SMILES string of the molecule is CCCCCC.Nc1ccc(F)cc1F. The summed E-state index contributed by atoms with van der Waals surface area (Å²) in [4.78, 5) is 0. The molecule has 1 aromatic rings. The van der Waals surface area contributed by atoms with Crippen molar-refractivity contribution in [3.8, 4) is 0 Å². The lowest BCUT2D eigenvalue weighted by Gasteiger charge is -1.92. The highest BCUT2D eigenvalue weighted by Gasteiger charge is 1.96. The quantitative estimate of drug-likeness (QED) is 0.595. The average Bonchev–Trinajstić information content (AvgIpc) is 2.22. The van der Waals surface area contributed by atoms with Gasteiger partial charge in [-0.3, -0.25) is 0 Å². The summed E-state index contributed by atoms with van der Waals surface area (Å²) >= 11 is 0. The highest BCUT2D eigenvalue weighted by Crippen LogP contribution is 2.09. The van der Waals surface area contributed by atoms with Crippen LogP contribution < -0.4 is 5.73 Å². The summed E-state index contributed by atoms with van der Waals surface area (Å²) < 4.78 is 24.3. The van der Waals surface area contributed by atoms with Crippen molar-refractivity contribution in [2.75, 3.05) is 5.73 Å². The lowest BCUT2D eigenvalue weighted by atomic mass is 10.2. The van der Waals surface area contributed by atoms with Crippen LogP contribution in [0.15, 0.2) is 18.2 Å². The third kappa shape index (κ3) is 6.89. The van der Waals surface area contributed by atoms with Gasteiger partial charge in [0.25, 0.3) is 0 Å². The first-order chi connectivity index (χ1) is 7.11. The van der Waals surface area contributed by atoms with Crippen molar-refractivity contribution in [1.29, 1.82) is 0 Å². The first kappa shape index (κ1) is 13.9. The molecule has 0 aromatic heterocycles. The van der Waals surface area contributed by atoms with E-state index in [4.69, 9.17) is 5.73 Å². The molecule has 0 spiro atoms. The fraction of sp³-hybridized carbons (Fsp3) is 0.500. The maximum absolute atomic E-state index is 12.2. The van der Waals surface area contributed by atoms with Crippen LogP contribution in [-0.4, -0.2) is 0 Å². The Balaban J connectivity index is 0.000000288. The van der Waals surface area contributed by atoms with E-state index in [1.165, 1.54) is 31.7 Å². The monoisotopic (exact) mass is 215 g/mol. The molecule has 0 saturated heterocycles. The number of halogens is 2. The molecule has 2 N–H and O–H groups in total. The third-order valence-corrected chi connectivity index (χ3v) is 1.92. The van der Waals surface area contributed by atoms with Crippen LogP contribution in [0.25, 0.3) is 0 Å². The van der Waals surface area contributed by atoms with Crippen molar-refractivity contribution in [3.63, 3.8) is 0 Å². The molecule has 1 aromatic carbocycles. The van der Waals surface area contributed by atoms with Crippen LogP contribution in [0.5, 0.6) is 0 Å². The van der Waals surface area contributed by atoms with Gasteiger partial charge in [-0.2, -0.15) is 0 Å². The van der Waals surface area contributed by atoms with Gasteiger partial charge in [-0.15, -0.1) is 0 Å². The molecule has 0 unspecified atom stereocenters. The highest BCUT2D eigenvalue weighted by atomic mass is 19.1. The summed E-state index contributed by atoms with van der Waals surface area (Å²) in [7, 11) is 0.